The van der Waals surface area contributed by atoms with Gasteiger partial charge >= 0.3 is 0 Å². The summed E-state index contributed by atoms with van der Waals surface area (Å²) in [4.78, 5) is 23.7. The van der Waals surface area contributed by atoms with Crippen molar-refractivity contribution in [1.29, 1.82) is 0 Å². The molecule has 1 heterocycles. The van der Waals surface area contributed by atoms with Crippen LogP contribution in [0.5, 0.6) is 5.75 Å². The van der Waals surface area contributed by atoms with Crippen LogP contribution in [-0.4, -0.2) is 22.9 Å². The number of carbonyl (C=O) groups excluding carboxylic acids is 2. The van der Waals surface area contributed by atoms with Crippen molar-refractivity contribution < 1.29 is 14.3 Å². The number of rotatable bonds is 6. The molecule has 0 unspecified atom stereocenters. The Bertz CT molecular complexity index is 984. The van der Waals surface area contributed by atoms with Gasteiger partial charge in [0.15, 0.2) is 6.61 Å². The van der Waals surface area contributed by atoms with E-state index in [2.05, 4.69) is 16.7 Å². The highest BCUT2D eigenvalue weighted by Crippen LogP contribution is 2.22. The molecule has 3 rings (SSSR count). The van der Waals surface area contributed by atoms with Crippen molar-refractivity contribution in [2.45, 2.75) is 20.8 Å². The highest BCUT2D eigenvalue weighted by Gasteiger charge is 2.17. The maximum Gasteiger partial charge on any atom is 0.248 e. The maximum atomic E-state index is 12.7. The fourth-order valence-electron chi connectivity index (χ4n) is 3.08. The smallest absolute Gasteiger partial charge is 0.248 e. The molecule has 27 heavy (non-hydrogen) atoms. The first-order chi connectivity index (χ1) is 12.9. The van der Waals surface area contributed by atoms with Crippen molar-refractivity contribution in [2.24, 2.45) is 5.73 Å². The number of ether oxygens (including phenoxy) is 1. The zero-order valence-electron chi connectivity index (χ0n) is 15.7. The number of aryl methyl sites for hydroxylation is 2. The van der Waals surface area contributed by atoms with Crippen molar-refractivity contribution in [3.63, 3.8) is 0 Å². The Morgan fingerprint density at radius 3 is 2.19 bits per heavy atom. The van der Waals surface area contributed by atoms with Crippen molar-refractivity contribution in [3.8, 4) is 11.4 Å². The second-order valence-electron chi connectivity index (χ2n) is 6.56. The Morgan fingerprint density at radius 2 is 1.59 bits per heavy atom. The SMILES string of the molecule is Cc1ccc(-n2c(C)cc(C(=O)COc3ccc(C(N)=O)cc3)c2C)cc1. The number of hydrogen-bond donors (Lipinski definition) is 1. The molecule has 0 bridgehead atoms. The Kier molecular flexibility index (Phi) is 5.12. The van der Waals surface area contributed by atoms with Crippen LogP contribution >= 0.6 is 0 Å². The lowest BCUT2D eigenvalue weighted by Gasteiger charge is -2.10. The third-order valence-corrected chi connectivity index (χ3v) is 4.53. The second-order valence-corrected chi connectivity index (χ2v) is 6.56. The third kappa shape index (κ3) is 3.92. The van der Waals surface area contributed by atoms with E-state index < -0.39 is 5.91 Å². The second kappa shape index (κ2) is 7.50. The summed E-state index contributed by atoms with van der Waals surface area (Å²) in [5.41, 5.74) is 10.3. The number of carbonyl (C=O) groups is 2. The predicted molar refractivity (Wildman–Crippen MR) is 105 cm³/mol. The third-order valence-electron chi connectivity index (χ3n) is 4.53. The van der Waals surface area contributed by atoms with Crippen molar-refractivity contribution >= 4 is 11.7 Å². The van der Waals surface area contributed by atoms with Crippen LogP contribution in [0.15, 0.2) is 54.6 Å². The largest absolute Gasteiger partial charge is 0.485 e. The fraction of sp³-hybridized carbons (Fsp3) is 0.182. The van der Waals surface area contributed by atoms with Gasteiger partial charge in [-0.25, -0.2) is 0 Å². The summed E-state index contributed by atoms with van der Waals surface area (Å²) in [5.74, 6) is -0.0812. The van der Waals surface area contributed by atoms with E-state index >= 15 is 0 Å². The molecule has 0 saturated heterocycles. The van der Waals surface area contributed by atoms with Crippen LogP contribution in [0.2, 0.25) is 0 Å². The van der Waals surface area contributed by atoms with Crippen molar-refractivity contribution in [3.05, 3.63) is 82.7 Å². The number of amides is 1. The number of Topliss-reactive ketones (excluding diaryl/α,β-unsaturated/α-hetero) is 1. The van der Waals surface area contributed by atoms with Crippen LogP contribution in [-0.2, 0) is 0 Å². The van der Waals surface area contributed by atoms with Crippen LogP contribution < -0.4 is 10.5 Å². The highest BCUT2D eigenvalue weighted by molar-refractivity contribution is 5.99. The summed E-state index contributed by atoms with van der Waals surface area (Å²) in [6.07, 6.45) is 0. The van der Waals surface area contributed by atoms with E-state index in [1.807, 2.05) is 39.0 Å². The van der Waals surface area contributed by atoms with E-state index in [0.29, 0.717) is 16.9 Å². The summed E-state index contributed by atoms with van der Waals surface area (Å²) in [5, 5.41) is 0. The van der Waals surface area contributed by atoms with Crippen LogP contribution in [0, 0.1) is 20.8 Å². The number of primary amides is 1. The van der Waals surface area contributed by atoms with Gasteiger partial charge in [0, 0.05) is 28.2 Å². The molecule has 2 aromatic carbocycles. The molecule has 1 aromatic heterocycles. The van der Waals surface area contributed by atoms with Crippen LogP contribution in [0.25, 0.3) is 5.69 Å². The van der Waals surface area contributed by atoms with Gasteiger partial charge in [0.25, 0.3) is 0 Å². The molecule has 3 aromatic rings. The summed E-state index contributed by atoms with van der Waals surface area (Å²) in [6, 6.07) is 16.5. The molecule has 0 aliphatic rings. The number of benzene rings is 2. The summed E-state index contributed by atoms with van der Waals surface area (Å²) in [7, 11) is 0. The van der Waals surface area contributed by atoms with Crippen LogP contribution in [0.4, 0.5) is 0 Å². The molecule has 5 nitrogen and oxygen atoms in total. The molecule has 0 saturated carbocycles. The molecule has 0 atom stereocenters. The Morgan fingerprint density at radius 1 is 0.963 bits per heavy atom. The zero-order chi connectivity index (χ0) is 19.6. The van der Waals surface area contributed by atoms with Gasteiger partial charge in [0.1, 0.15) is 5.75 Å². The Hall–Kier alpha value is -3.34. The quantitative estimate of drug-likeness (QED) is 0.679. The molecule has 1 amide bonds. The molecule has 138 valence electrons. The average molecular weight is 362 g/mol. The van der Waals surface area contributed by atoms with Crippen molar-refractivity contribution in [2.75, 3.05) is 6.61 Å². The lowest BCUT2D eigenvalue weighted by molar-refractivity contribution is 0.0919. The first-order valence-corrected chi connectivity index (χ1v) is 8.68. The van der Waals surface area contributed by atoms with E-state index in [1.54, 1.807) is 24.3 Å². The fourth-order valence-corrected chi connectivity index (χ4v) is 3.08. The monoisotopic (exact) mass is 362 g/mol. The minimum absolute atomic E-state index is 0.0753. The van der Waals surface area contributed by atoms with E-state index in [-0.39, 0.29) is 12.4 Å². The molecular formula is C22H22N2O3. The van der Waals surface area contributed by atoms with E-state index in [1.165, 1.54) is 5.56 Å². The van der Waals surface area contributed by atoms with Gasteiger partial charge < -0.3 is 15.0 Å². The predicted octanol–water partition coefficient (Wildman–Crippen LogP) is 3.76. The lowest BCUT2D eigenvalue weighted by Crippen LogP contribution is -2.13. The zero-order valence-corrected chi connectivity index (χ0v) is 15.7. The topological polar surface area (TPSA) is 74.3 Å². The van der Waals surface area contributed by atoms with Crippen LogP contribution in [0.3, 0.4) is 0 Å². The van der Waals surface area contributed by atoms with Gasteiger partial charge in [-0.3, -0.25) is 9.59 Å². The highest BCUT2D eigenvalue weighted by atomic mass is 16.5. The molecule has 5 heteroatoms. The molecule has 0 spiro atoms. The normalized spacial score (nSPS) is 10.6. The maximum absolute atomic E-state index is 12.7. The first kappa shape index (κ1) is 18.5. The molecular weight excluding hydrogens is 340 g/mol. The van der Waals surface area contributed by atoms with E-state index in [4.69, 9.17) is 10.5 Å². The number of nitrogens with two attached hydrogens (primary N) is 1. The molecule has 0 fully saturated rings. The van der Waals surface area contributed by atoms with Gasteiger partial charge in [-0.15, -0.1) is 0 Å². The first-order valence-electron chi connectivity index (χ1n) is 8.68. The van der Waals surface area contributed by atoms with E-state index in [9.17, 15) is 9.59 Å². The number of ketones is 1. The van der Waals surface area contributed by atoms with Gasteiger partial charge in [-0.1, -0.05) is 17.7 Å². The molecule has 0 radical (unpaired) electrons. The number of nitrogens with zero attached hydrogens (tertiary/aromatic N) is 1. The average Bonchev–Trinajstić information content (AvgIpc) is 2.95. The van der Waals surface area contributed by atoms with Gasteiger partial charge in [-0.2, -0.15) is 0 Å². The summed E-state index contributed by atoms with van der Waals surface area (Å²) >= 11 is 0. The summed E-state index contributed by atoms with van der Waals surface area (Å²) in [6.45, 7) is 5.88. The minimum Gasteiger partial charge on any atom is -0.485 e. The van der Waals surface area contributed by atoms with Gasteiger partial charge in [0.05, 0.1) is 0 Å². The standard InChI is InChI=1S/C22H22N2O3/c1-14-4-8-18(9-5-14)24-15(2)12-20(16(24)3)21(25)13-27-19-10-6-17(7-11-19)22(23)26/h4-12H,13H2,1-3H3,(H2,23,26). The molecule has 2 N–H and O–H groups in total. The Labute approximate surface area is 158 Å². The number of aromatic nitrogens is 1. The Balaban J connectivity index is 1.76. The summed E-state index contributed by atoms with van der Waals surface area (Å²) < 4.78 is 7.64. The van der Waals surface area contributed by atoms with Gasteiger partial charge in [0.2, 0.25) is 11.7 Å². The van der Waals surface area contributed by atoms with E-state index in [0.717, 1.165) is 17.1 Å². The van der Waals surface area contributed by atoms with Gasteiger partial charge in [-0.05, 0) is 63.2 Å². The number of hydrogen-bond acceptors (Lipinski definition) is 3. The lowest BCUT2D eigenvalue weighted by atomic mass is 10.1. The molecule has 0 aliphatic carbocycles. The van der Waals surface area contributed by atoms with Crippen LogP contribution in [0.1, 0.15) is 37.7 Å². The van der Waals surface area contributed by atoms with Crippen molar-refractivity contribution in [1.82, 2.24) is 4.57 Å². The molecule has 0 aliphatic heterocycles. The minimum atomic E-state index is -0.499.